The zero-order chi connectivity index (χ0) is 11.2. The van der Waals surface area contributed by atoms with Gasteiger partial charge in [0.15, 0.2) is 0 Å². The first kappa shape index (κ1) is 10.8. The van der Waals surface area contributed by atoms with Crippen LogP contribution in [0.4, 0.5) is 0 Å². The molecule has 0 atom stereocenters. The summed E-state index contributed by atoms with van der Waals surface area (Å²) in [6.45, 7) is 1.91. The molecular weight excluding hydrogens is 214 g/mol. The maximum Gasteiger partial charge on any atom is 0.107 e. The van der Waals surface area contributed by atoms with E-state index in [0.29, 0.717) is 0 Å². The largest absolute Gasteiger partial charge is 0.367 e. The van der Waals surface area contributed by atoms with Crippen molar-refractivity contribution in [3.05, 3.63) is 78.3 Å². The molecule has 0 aliphatic heterocycles. The van der Waals surface area contributed by atoms with Crippen molar-refractivity contribution >= 4 is 17.2 Å². The molecule has 0 spiro atoms. The molecular formula is C14H12NS. The lowest BCUT2D eigenvalue weighted by atomic mass is 10.2. The third-order valence-corrected chi connectivity index (χ3v) is 2.56. The summed E-state index contributed by atoms with van der Waals surface area (Å²) in [5, 5.41) is 3.12. The molecule has 0 heterocycles. The van der Waals surface area contributed by atoms with Gasteiger partial charge in [-0.05, 0) is 5.56 Å². The van der Waals surface area contributed by atoms with Gasteiger partial charge in [-0.2, -0.15) is 0 Å². The Labute approximate surface area is 101 Å². The highest BCUT2D eigenvalue weighted by atomic mass is 32.1. The van der Waals surface area contributed by atoms with Crippen LogP contribution in [-0.4, -0.2) is 4.99 Å². The average Bonchev–Trinajstić information content (AvgIpc) is 2.38. The van der Waals surface area contributed by atoms with Gasteiger partial charge in [0.25, 0.3) is 0 Å². The lowest BCUT2D eigenvalue weighted by Crippen LogP contribution is -2.19. The van der Waals surface area contributed by atoms with Gasteiger partial charge in [-0.25, -0.2) is 0 Å². The molecule has 2 heteroatoms. The van der Waals surface area contributed by atoms with Crippen molar-refractivity contribution in [3.8, 4) is 0 Å². The Hall–Kier alpha value is -1.67. The van der Waals surface area contributed by atoms with Crippen LogP contribution >= 0.6 is 12.2 Å². The molecule has 1 nitrogen and oxygen atoms in total. The van der Waals surface area contributed by atoms with E-state index in [1.54, 1.807) is 0 Å². The predicted molar refractivity (Wildman–Crippen MR) is 71.1 cm³/mol. The summed E-state index contributed by atoms with van der Waals surface area (Å²) in [6.07, 6.45) is 0. The monoisotopic (exact) mass is 226 g/mol. The van der Waals surface area contributed by atoms with Crippen LogP contribution in [0.25, 0.3) is 0 Å². The standard InChI is InChI=1S/C14H12NS/c16-14(13-9-5-2-6-10-13)15-11-12-7-3-1-4-8-12/h1-11H,(H,15,16). The van der Waals surface area contributed by atoms with Crippen molar-refractivity contribution in [1.82, 2.24) is 5.32 Å². The molecule has 0 aliphatic rings. The van der Waals surface area contributed by atoms with Crippen LogP contribution in [-0.2, 0) is 0 Å². The number of benzene rings is 2. The van der Waals surface area contributed by atoms with E-state index in [0.717, 1.165) is 16.1 Å². The fourth-order valence-electron chi connectivity index (χ4n) is 1.37. The van der Waals surface area contributed by atoms with Crippen molar-refractivity contribution < 1.29 is 0 Å². The van der Waals surface area contributed by atoms with Crippen molar-refractivity contribution in [2.24, 2.45) is 0 Å². The van der Waals surface area contributed by atoms with E-state index in [4.69, 9.17) is 12.2 Å². The number of thiocarbonyl (C=S) groups is 1. The molecule has 2 rings (SSSR count). The van der Waals surface area contributed by atoms with Crippen LogP contribution in [0.15, 0.2) is 60.7 Å². The molecule has 0 fully saturated rings. The third kappa shape index (κ3) is 2.91. The topological polar surface area (TPSA) is 12.0 Å². The molecule has 0 unspecified atom stereocenters. The molecule has 0 amide bonds. The van der Waals surface area contributed by atoms with Crippen LogP contribution in [0.2, 0.25) is 0 Å². The molecule has 0 saturated heterocycles. The molecule has 0 aliphatic carbocycles. The molecule has 79 valence electrons. The molecule has 1 radical (unpaired) electrons. The van der Waals surface area contributed by atoms with E-state index in [-0.39, 0.29) is 0 Å². The summed E-state index contributed by atoms with van der Waals surface area (Å²) < 4.78 is 0. The smallest absolute Gasteiger partial charge is 0.107 e. The normalized spacial score (nSPS) is 9.75. The van der Waals surface area contributed by atoms with E-state index in [1.807, 2.05) is 67.2 Å². The Bertz CT molecular complexity index is 451. The summed E-state index contributed by atoms with van der Waals surface area (Å²) in [5.74, 6) is 0. The SMILES string of the molecule is S=C(N[CH]c1ccccc1)c1ccccc1. The minimum Gasteiger partial charge on any atom is -0.367 e. The first-order chi connectivity index (χ1) is 7.86. The van der Waals surface area contributed by atoms with E-state index < -0.39 is 0 Å². The van der Waals surface area contributed by atoms with Crippen LogP contribution in [0.5, 0.6) is 0 Å². The van der Waals surface area contributed by atoms with Gasteiger partial charge in [0.1, 0.15) is 4.99 Å². The lowest BCUT2D eigenvalue weighted by Gasteiger charge is -2.07. The average molecular weight is 226 g/mol. The third-order valence-electron chi connectivity index (χ3n) is 2.21. The highest BCUT2D eigenvalue weighted by molar-refractivity contribution is 7.80. The first-order valence-corrected chi connectivity index (χ1v) is 5.51. The molecule has 0 aromatic heterocycles. The number of nitrogens with one attached hydrogen (secondary N) is 1. The highest BCUT2D eigenvalue weighted by Crippen LogP contribution is 2.03. The molecule has 16 heavy (non-hydrogen) atoms. The summed E-state index contributed by atoms with van der Waals surface area (Å²) in [7, 11) is 0. The Morgan fingerprint density at radius 3 is 2.06 bits per heavy atom. The second-order valence-electron chi connectivity index (χ2n) is 3.39. The summed E-state index contributed by atoms with van der Waals surface area (Å²) in [5.41, 5.74) is 2.14. The van der Waals surface area contributed by atoms with Gasteiger partial charge in [-0.3, -0.25) is 0 Å². The fourth-order valence-corrected chi connectivity index (χ4v) is 1.57. The number of rotatable bonds is 3. The molecule has 0 bridgehead atoms. The van der Waals surface area contributed by atoms with Crippen molar-refractivity contribution in [1.29, 1.82) is 0 Å². The van der Waals surface area contributed by atoms with Gasteiger partial charge in [0.2, 0.25) is 0 Å². The Morgan fingerprint density at radius 1 is 0.875 bits per heavy atom. The van der Waals surface area contributed by atoms with Gasteiger partial charge < -0.3 is 5.32 Å². The molecule has 2 aromatic rings. The zero-order valence-electron chi connectivity index (χ0n) is 8.76. The minimum atomic E-state index is 0.740. The minimum absolute atomic E-state index is 0.740. The van der Waals surface area contributed by atoms with Gasteiger partial charge in [-0.15, -0.1) is 0 Å². The first-order valence-electron chi connectivity index (χ1n) is 5.10. The van der Waals surface area contributed by atoms with Gasteiger partial charge in [0, 0.05) is 5.56 Å². The van der Waals surface area contributed by atoms with E-state index in [1.165, 1.54) is 0 Å². The quantitative estimate of drug-likeness (QED) is 0.807. The van der Waals surface area contributed by atoms with Crippen LogP contribution < -0.4 is 5.32 Å². The second kappa shape index (κ2) is 5.42. The van der Waals surface area contributed by atoms with Crippen molar-refractivity contribution in [2.75, 3.05) is 0 Å². The fraction of sp³-hybridized carbons (Fsp3) is 0. The molecule has 0 saturated carbocycles. The van der Waals surface area contributed by atoms with Gasteiger partial charge in [0.05, 0.1) is 6.54 Å². The maximum absolute atomic E-state index is 5.28. The predicted octanol–water partition coefficient (Wildman–Crippen LogP) is 3.16. The summed E-state index contributed by atoms with van der Waals surface area (Å²) in [6, 6.07) is 20.0. The number of hydrogen-bond donors (Lipinski definition) is 1. The summed E-state index contributed by atoms with van der Waals surface area (Å²) in [4.78, 5) is 0.740. The van der Waals surface area contributed by atoms with E-state index >= 15 is 0 Å². The summed E-state index contributed by atoms with van der Waals surface area (Å²) >= 11 is 5.28. The molecule has 2 aromatic carbocycles. The second-order valence-corrected chi connectivity index (χ2v) is 3.80. The van der Waals surface area contributed by atoms with Crippen LogP contribution in [0.3, 0.4) is 0 Å². The van der Waals surface area contributed by atoms with Gasteiger partial charge >= 0.3 is 0 Å². The number of hydrogen-bond acceptors (Lipinski definition) is 1. The van der Waals surface area contributed by atoms with Crippen LogP contribution in [0.1, 0.15) is 11.1 Å². The Kier molecular flexibility index (Phi) is 3.67. The van der Waals surface area contributed by atoms with Gasteiger partial charge in [-0.1, -0.05) is 72.9 Å². The highest BCUT2D eigenvalue weighted by Gasteiger charge is 1.99. The zero-order valence-corrected chi connectivity index (χ0v) is 9.58. The maximum atomic E-state index is 5.28. The van der Waals surface area contributed by atoms with Crippen molar-refractivity contribution in [2.45, 2.75) is 0 Å². The molecule has 1 N–H and O–H groups in total. The van der Waals surface area contributed by atoms with E-state index in [2.05, 4.69) is 5.32 Å². The van der Waals surface area contributed by atoms with Crippen molar-refractivity contribution in [3.63, 3.8) is 0 Å². The van der Waals surface area contributed by atoms with E-state index in [9.17, 15) is 0 Å². The Morgan fingerprint density at radius 2 is 1.44 bits per heavy atom. The Balaban J connectivity index is 1.95. The van der Waals surface area contributed by atoms with Crippen LogP contribution in [0, 0.1) is 6.54 Å². The lowest BCUT2D eigenvalue weighted by molar-refractivity contribution is 1.16.